The molecule has 0 heterocycles. The molecule has 138 valence electrons. The lowest BCUT2D eigenvalue weighted by molar-refractivity contribution is -0.146. The number of hydrazine groups is 1. The molecule has 0 unspecified atom stereocenters. The standard InChI is InChI=1S/C17H25N3O5/c1-4-25-15(10-11-21)18-13(2)17(24)20(12-16(22)23)19(3)14-8-6-5-7-9-14/h5-9,11,13,15,18H,4,10,12H2,1-3H3,(H,22,23)/t13-,15-/m0/s1. The van der Waals surface area contributed by atoms with E-state index in [1.165, 1.54) is 5.01 Å². The number of carbonyl (C=O) groups excluding carboxylic acids is 2. The Kier molecular flexibility index (Phi) is 8.59. The van der Waals surface area contributed by atoms with Crippen molar-refractivity contribution in [1.82, 2.24) is 10.3 Å². The average Bonchev–Trinajstić information content (AvgIpc) is 2.59. The van der Waals surface area contributed by atoms with Gasteiger partial charge >= 0.3 is 5.97 Å². The number of carboxylic acids is 1. The Morgan fingerprint density at radius 3 is 2.48 bits per heavy atom. The van der Waals surface area contributed by atoms with Gasteiger partial charge < -0.3 is 14.6 Å². The van der Waals surface area contributed by atoms with E-state index in [0.29, 0.717) is 18.6 Å². The third-order valence-electron chi connectivity index (χ3n) is 3.52. The number of nitrogens with one attached hydrogen (secondary N) is 1. The van der Waals surface area contributed by atoms with Gasteiger partial charge in [-0.3, -0.25) is 19.9 Å². The summed E-state index contributed by atoms with van der Waals surface area (Å²) in [6, 6.07) is 8.24. The normalized spacial score (nSPS) is 12.9. The Balaban J connectivity index is 2.91. The lowest BCUT2D eigenvalue weighted by Gasteiger charge is -2.35. The van der Waals surface area contributed by atoms with Gasteiger partial charge in [-0.25, -0.2) is 5.01 Å². The summed E-state index contributed by atoms with van der Waals surface area (Å²) < 4.78 is 5.37. The minimum atomic E-state index is -1.13. The number of amides is 1. The molecule has 0 radical (unpaired) electrons. The summed E-state index contributed by atoms with van der Waals surface area (Å²) in [6.45, 7) is 3.29. The van der Waals surface area contributed by atoms with E-state index in [2.05, 4.69) is 5.32 Å². The number of aldehydes is 1. The first-order valence-electron chi connectivity index (χ1n) is 8.03. The highest BCUT2D eigenvalue weighted by Crippen LogP contribution is 2.15. The van der Waals surface area contributed by atoms with Crippen molar-refractivity contribution in [1.29, 1.82) is 0 Å². The van der Waals surface area contributed by atoms with E-state index in [1.54, 1.807) is 45.2 Å². The number of carbonyl (C=O) groups is 3. The van der Waals surface area contributed by atoms with Crippen molar-refractivity contribution in [2.75, 3.05) is 25.2 Å². The first-order chi connectivity index (χ1) is 11.9. The van der Waals surface area contributed by atoms with E-state index in [-0.39, 0.29) is 6.42 Å². The van der Waals surface area contributed by atoms with Crippen LogP contribution in [0.3, 0.4) is 0 Å². The number of aliphatic carboxylic acids is 1. The monoisotopic (exact) mass is 351 g/mol. The Hall–Kier alpha value is -2.45. The minimum absolute atomic E-state index is 0.0961. The number of anilines is 1. The second-order valence-corrected chi connectivity index (χ2v) is 5.38. The Morgan fingerprint density at radius 2 is 1.96 bits per heavy atom. The predicted molar refractivity (Wildman–Crippen MR) is 92.9 cm³/mol. The van der Waals surface area contributed by atoms with Gasteiger partial charge in [-0.15, -0.1) is 0 Å². The summed E-state index contributed by atoms with van der Waals surface area (Å²) in [5.41, 5.74) is 0.679. The van der Waals surface area contributed by atoms with Gasteiger partial charge in [-0.2, -0.15) is 0 Å². The van der Waals surface area contributed by atoms with Gasteiger partial charge in [0.15, 0.2) is 0 Å². The second kappa shape index (κ2) is 10.4. The van der Waals surface area contributed by atoms with E-state index in [0.717, 1.165) is 5.01 Å². The summed E-state index contributed by atoms with van der Waals surface area (Å²) in [7, 11) is 1.62. The molecule has 8 nitrogen and oxygen atoms in total. The zero-order chi connectivity index (χ0) is 18.8. The van der Waals surface area contributed by atoms with Gasteiger partial charge in [-0.1, -0.05) is 18.2 Å². The topological polar surface area (TPSA) is 99.2 Å². The maximum absolute atomic E-state index is 12.8. The molecule has 0 aliphatic heterocycles. The zero-order valence-corrected chi connectivity index (χ0v) is 14.7. The quantitative estimate of drug-likeness (QED) is 0.347. The molecule has 0 fully saturated rings. The molecule has 0 saturated carbocycles. The number of benzene rings is 1. The summed E-state index contributed by atoms with van der Waals surface area (Å²) >= 11 is 0. The van der Waals surface area contributed by atoms with Crippen LogP contribution >= 0.6 is 0 Å². The molecule has 0 spiro atoms. The van der Waals surface area contributed by atoms with Gasteiger partial charge in [0.2, 0.25) is 0 Å². The maximum Gasteiger partial charge on any atom is 0.325 e. The van der Waals surface area contributed by atoms with Gasteiger partial charge in [0, 0.05) is 20.1 Å². The number of carboxylic acid groups (broad SMARTS) is 1. The molecule has 0 aliphatic carbocycles. The van der Waals surface area contributed by atoms with Crippen LogP contribution in [0.5, 0.6) is 0 Å². The fourth-order valence-corrected chi connectivity index (χ4v) is 2.29. The molecule has 25 heavy (non-hydrogen) atoms. The maximum atomic E-state index is 12.8. The van der Waals surface area contributed by atoms with Crippen LogP contribution in [0.1, 0.15) is 20.3 Å². The molecule has 1 aromatic rings. The Labute approximate surface area is 147 Å². The molecule has 2 N–H and O–H groups in total. The molecule has 0 aliphatic rings. The van der Waals surface area contributed by atoms with Crippen molar-refractivity contribution in [3.8, 4) is 0 Å². The summed E-state index contributed by atoms with van der Waals surface area (Å²) in [4.78, 5) is 34.7. The number of para-hydroxylation sites is 1. The van der Waals surface area contributed by atoms with Crippen molar-refractivity contribution >= 4 is 23.9 Å². The predicted octanol–water partition coefficient (Wildman–Crippen LogP) is 0.881. The van der Waals surface area contributed by atoms with Crippen LogP contribution in [-0.4, -0.2) is 60.7 Å². The molecule has 1 amide bonds. The number of hydrogen-bond donors (Lipinski definition) is 2. The SMILES string of the molecule is CCO[C@@H](CC=O)N[C@@H](C)C(=O)N(CC(=O)O)N(C)c1ccccc1. The van der Waals surface area contributed by atoms with Crippen LogP contribution in [0.25, 0.3) is 0 Å². The first-order valence-corrected chi connectivity index (χ1v) is 8.03. The number of hydrogen-bond acceptors (Lipinski definition) is 6. The van der Waals surface area contributed by atoms with Gasteiger partial charge in [-0.05, 0) is 26.0 Å². The molecular formula is C17H25N3O5. The van der Waals surface area contributed by atoms with E-state index < -0.39 is 30.7 Å². The minimum Gasteiger partial charge on any atom is -0.480 e. The average molecular weight is 351 g/mol. The number of rotatable bonds is 11. The van der Waals surface area contributed by atoms with Gasteiger partial charge in [0.1, 0.15) is 19.1 Å². The molecular weight excluding hydrogens is 326 g/mol. The lowest BCUT2D eigenvalue weighted by Crippen LogP contribution is -2.55. The van der Waals surface area contributed by atoms with E-state index in [1.807, 2.05) is 6.07 Å². The Morgan fingerprint density at radius 1 is 1.32 bits per heavy atom. The van der Waals surface area contributed by atoms with Crippen molar-refractivity contribution < 1.29 is 24.2 Å². The van der Waals surface area contributed by atoms with Crippen molar-refractivity contribution in [3.05, 3.63) is 30.3 Å². The smallest absolute Gasteiger partial charge is 0.325 e. The molecule has 0 aromatic heterocycles. The van der Waals surface area contributed by atoms with Gasteiger partial charge in [0.05, 0.1) is 11.7 Å². The third kappa shape index (κ3) is 6.52. The van der Waals surface area contributed by atoms with Crippen molar-refractivity contribution in [3.63, 3.8) is 0 Å². The second-order valence-electron chi connectivity index (χ2n) is 5.38. The molecule has 1 aromatic carbocycles. The van der Waals surface area contributed by atoms with Crippen molar-refractivity contribution in [2.45, 2.75) is 32.5 Å². The summed E-state index contributed by atoms with van der Waals surface area (Å²) in [6.07, 6.45) is 0.198. The fraction of sp³-hybridized carbons (Fsp3) is 0.471. The number of nitrogens with zero attached hydrogens (tertiary/aromatic N) is 2. The van der Waals surface area contributed by atoms with Crippen LogP contribution in [0.2, 0.25) is 0 Å². The van der Waals surface area contributed by atoms with E-state index in [9.17, 15) is 14.4 Å². The van der Waals surface area contributed by atoms with Crippen LogP contribution in [0.15, 0.2) is 30.3 Å². The molecule has 8 heteroatoms. The highest BCUT2D eigenvalue weighted by molar-refractivity contribution is 5.86. The summed E-state index contributed by atoms with van der Waals surface area (Å²) in [5, 5.41) is 14.7. The third-order valence-corrected chi connectivity index (χ3v) is 3.52. The zero-order valence-electron chi connectivity index (χ0n) is 14.7. The highest BCUT2D eigenvalue weighted by Gasteiger charge is 2.27. The van der Waals surface area contributed by atoms with Crippen LogP contribution in [0, 0.1) is 0 Å². The van der Waals surface area contributed by atoms with E-state index >= 15 is 0 Å². The van der Waals surface area contributed by atoms with Crippen molar-refractivity contribution in [2.24, 2.45) is 0 Å². The fourth-order valence-electron chi connectivity index (χ4n) is 2.29. The molecule has 0 bridgehead atoms. The Bertz CT molecular complexity index is 567. The molecule has 0 saturated heterocycles. The van der Waals surface area contributed by atoms with Gasteiger partial charge in [0.25, 0.3) is 5.91 Å². The van der Waals surface area contributed by atoms with Crippen LogP contribution in [-0.2, 0) is 19.1 Å². The molecule has 1 rings (SSSR count). The van der Waals surface area contributed by atoms with Crippen LogP contribution < -0.4 is 10.3 Å². The largest absolute Gasteiger partial charge is 0.480 e. The lowest BCUT2D eigenvalue weighted by atomic mass is 10.2. The van der Waals surface area contributed by atoms with E-state index in [4.69, 9.17) is 9.84 Å². The summed E-state index contributed by atoms with van der Waals surface area (Å²) in [5.74, 6) is -1.57. The molecule has 2 atom stereocenters. The number of ether oxygens (including phenoxy) is 1. The highest BCUT2D eigenvalue weighted by atomic mass is 16.5. The van der Waals surface area contributed by atoms with Crippen LogP contribution in [0.4, 0.5) is 5.69 Å². The first kappa shape index (κ1) is 20.6.